The third-order valence-corrected chi connectivity index (χ3v) is 5.87. The quantitative estimate of drug-likeness (QED) is 0.561. The molecule has 8 heteroatoms. The zero-order chi connectivity index (χ0) is 20.8. The molecule has 3 aromatic rings. The maximum atomic E-state index is 12.4. The van der Waals surface area contributed by atoms with Crippen LogP contribution in [0.15, 0.2) is 45.6 Å². The number of thiophene rings is 1. The van der Waals surface area contributed by atoms with Gasteiger partial charge in [0.25, 0.3) is 0 Å². The molecule has 1 N–H and O–H groups in total. The number of nitrogens with one attached hydrogen (secondary N) is 1. The molecule has 1 aliphatic heterocycles. The van der Waals surface area contributed by atoms with Gasteiger partial charge < -0.3 is 14.7 Å². The fraction of sp³-hybridized carbons (Fsp3) is 0.364. The van der Waals surface area contributed by atoms with Gasteiger partial charge in [0.15, 0.2) is 0 Å². The van der Waals surface area contributed by atoms with Crippen LogP contribution in [-0.2, 0) is 29.0 Å². The van der Waals surface area contributed by atoms with Crippen LogP contribution < -0.4 is 5.32 Å². The van der Waals surface area contributed by atoms with Crippen LogP contribution in [0.1, 0.15) is 36.3 Å². The summed E-state index contributed by atoms with van der Waals surface area (Å²) in [5.41, 5.74) is 3.48. The molecule has 7 nitrogen and oxygen atoms in total. The van der Waals surface area contributed by atoms with Crippen molar-refractivity contribution in [2.45, 2.75) is 38.6 Å². The van der Waals surface area contributed by atoms with Crippen LogP contribution >= 0.6 is 11.3 Å². The molecule has 0 saturated carbocycles. The lowest BCUT2D eigenvalue weighted by Gasteiger charge is -2.29. The number of nitrogens with zero attached hydrogens (tertiary/aromatic N) is 3. The van der Waals surface area contributed by atoms with E-state index in [1.165, 1.54) is 11.1 Å². The molecule has 0 atom stereocenters. The summed E-state index contributed by atoms with van der Waals surface area (Å²) < 4.78 is 5.20. The normalized spacial score (nSPS) is 13.1. The van der Waals surface area contributed by atoms with Crippen LogP contribution in [0.3, 0.4) is 0 Å². The van der Waals surface area contributed by atoms with E-state index < -0.39 is 0 Å². The Morgan fingerprint density at radius 3 is 2.87 bits per heavy atom. The molecule has 2 aromatic heterocycles. The van der Waals surface area contributed by atoms with Crippen molar-refractivity contribution in [2.24, 2.45) is 0 Å². The predicted octanol–water partition coefficient (Wildman–Crippen LogP) is 3.21. The molecule has 4 rings (SSSR count). The van der Waals surface area contributed by atoms with Crippen molar-refractivity contribution in [1.82, 2.24) is 20.4 Å². The highest BCUT2D eigenvalue weighted by Gasteiger charge is 2.19. The molecule has 1 aliphatic rings. The number of benzene rings is 1. The Kier molecular flexibility index (Phi) is 6.53. The molecule has 0 spiro atoms. The molecule has 3 heterocycles. The first kappa shape index (κ1) is 20.3. The summed E-state index contributed by atoms with van der Waals surface area (Å²) in [5.74, 6) is 1.06. The minimum absolute atomic E-state index is 0.0790. The summed E-state index contributed by atoms with van der Waals surface area (Å²) in [6.07, 6.45) is 2.65. The highest BCUT2D eigenvalue weighted by molar-refractivity contribution is 7.08. The van der Waals surface area contributed by atoms with Crippen LogP contribution in [0.25, 0.3) is 11.4 Å². The van der Waals surface area contributed by atoms with Gasteiger partial charge in [0.1, 0.15) is 0 Å². The number of rotatable bonds is 8. The average Bonchev–Trinajstić information content (AvgIpc) is 3.46. The summed E-state index contributed by atoms with van der Waals surface area (Å²) >= 11 is 1.57. The fourth-order valence-corrected chi connectivity index (χ4v) is 4.14. The summed E-state index contributed by atoms with van der Waals surface area (Å²) in [7, 11) is 0. The highest BCUT2D eigenvalue weighted by Crippen LogP contribution is 2.20. The molecule has 0 radical (unpaired) electrons. The number of aromatic nitrogens is 2. The minimum Gasteiger partial charge on any atom is -0.356 e. The topological polar surface area (TPSA) is 88.3 Å². The molecule has 30 heavy (non-hydrogen) atoms. The SMILES string of the molecule is O=C(CCc1nc(-c2ccsc2)no1)NCCCC(=O)N1CCc2ccccc2C1. The number of aryl methyl sites for hydroxylation is 1. The van der Waals surface area contributed by atoms with Crippen LogP contribution in [-0.4, -0.2) is 39.9 Å². The largest absolute Gasteiger partial charge is 0.356 e. The van der Waals surface area contributed by atoms with E-state index in [4.69, 9.17) is 4.52 Å². The van der Waals surface area contributed by atoms with Gasteiger partial charge >= 0.3 is 0 Å². The average molecular weight is 425 g/mol. The first-order valence-electron chi connectivity index (χ1n) is 10.2. The maximum Gasteiger partial charge on any atom is 0.227 e. The van der Waals surface area contributed by atoms with Crippen molar-refractivity contribution in [3.8, 4) is 11.4 Å². The molecule has 2 amide bonds. The highest BCUT2D eigenvalue weighted by atomic mass is 32.1. The second-order valence-electron chi connectivity index (χ2n) is 7.31. The van der Waals surface area contributed by atoms with E-state index in [-0.39, 0.29) is 18.2 Å². The molecule has 0 fully saturated rings. The van der Waals surface area contributed by atoms with Crippen LogP contribution in [0, 0.1) is 0 Å². The van der Waals surface area contributed by atoms with Gasteiger partial charge in [-0.05, 0) is 35.4 Å². The summed E-state index contributed by atoms with van der Waals surface area (Å²) in [5, 5.41) is 10.7. The van der Waals surface area contributed by atoms with Crippen LogP contribution in [0.4, 0.5) is 0 Å². The predicted molar refractivity (Wildman–Crippen MR) is 114 cm³/mol. The Hall–Kier alpha value is -3.00. The second-order valence-corrected chi connectivity index (χ2v) is 8.09. The lowest BCUT2D eigenvalue weighted by atomic mass is 9.99. The van der Waals surface area contributed by atoms with E-state index >= 15 is 0 Å². The van der Waals surface area contributed by atoms with Gasteiger partial charge in [-0.25, -0.2) is 0 Å². The van der Waals surface area contributed by atoms with Gasteiger partial charge in [0.2, 0.25) is 23.5 Å². The van der Waals surface area contributed by atoms with E-state index in [1.807, 2.05) is 33.9 Å². The minimum atomic E-state index is -0.0790. The van der Waals surface area contributed by atoms with E-state index in [9.17, 15) is 9.59 Å². The standard InChI is InChI=1S/C22H24N4O3S/c27-19(7-8-20-24-22(25-29-20)18-10-13-30-15-18)23-11-3-6-21(28)26-12-9-16-4-1-2-5-17(16)14-26/h1-2,4-5,10,13,15H,3,6-9,11-12,14H2,(H,23,27). The first-order chi connectivity index (χ1) is 14.7. The third-order valence-electron chi connectivity index (χ3n) is 5.19. The van der Waals surface area contributed by atoms with Gasteiger partial charge in [0, 0.05) is 49.8 Å². The number of carbonyl (C=O) groups excluding carboxylic acids is 2. The Labute approximate surface area is 179 Å². The molecular weight excluding hydrogens is 400 g/mol. The monoisotopic (exact) mass is 424 g/mol. The number of hydrogen-bond donors (Lipinski definition) is 1. The lowest BCUT2D eigenvalue weighted by molar-refractivity contribution is -0.132. The van der Waals surface area contributed by atoms with Crippen molar-refractivity contribution >= 4 is 23.2 Å². The Morgan fingerprint density at radius 1 is 1.17 bits per heavy atom. The maximum absolute atomic E-state index is 12.4. The zero-order valence-corrected chi connectivity index (χ0v) is 17.5. The Balaban J connectivity index is 1.13. The summed E-state index contributed by atoms with van der Waals surface area (Å²) in [4.78, 5) is 30.7. The molecule has 0 saturated heterocycles. The van der Waals surface area contributed by atoms with Crippen molar-refractivity contribution < 1.29 is 14.1 Å². The molecule has 1 aromatic carbocycles. The fourth-order valence-electron chi connectivity index (χ4n) is 3.51. The van der Waals surface area contributed by atoms with E-state index in [0.29, 0.717) is 44.1 Å². The smallest absolute Gasteiger partial charge is 0.227 e. The first-order valence-corrected chi connectivity index (χ1v) is 11.1. The lowest BCUT2D eigenvalue weighted by Crippen LogP contribution is -2.36. The molecule has 0 bridgehead atoms. The molecule has 0 aliphatic carbocycles. The van der Waals surface area contributed by atoms with Crippen molar-refractivity contribution in [3.63, 3.8) is 0 Å². The number of fused-ring (bicyclic) bond motifs is 1. The van der Waals surface area contributed by atoms with Gasteiger partial charge in [-0.15, -0.1) is 0 Å². The van der Waals surface area contributed by atoms with Gasteiger partial charge in [-0.3, -0.25) is 9.59 Å². The van der Waals surface area contributed by atoms with E-state index in [2.05, 4.69) is 27.6 Å². The molecule has 156 valence electrons. The van der Waals surface area contributed by atoms with Crippen LogP contribution in [0.2, 0.25) is 0 Å². The van der Waals surface area contributed by atoms with Gasteiger partial charge in [-0.1, -0.05) is 29.4 Å². The van der Waals surface area contributed by atoms with Gasteiger partial charge in [0.05, 0.1) is 0 Å². The van der Waals surface area contributed by atoms with Crippen molar-refractivity contribution in [1.29, 1.82) is 0 Å². The molecular formula is C22H24N4O3S. The Morgan fingerprint density at radius 2 is 2.03 bits per heavy atom. The number of amides is 2. The van der Waals surface area contributed by atoms with E-state index in [0.717, 1.165) is 18.5 Å². The third kappa shape index (κ3) is 5.13. The molecule has 0 unspecified atom stereocenters. The Bertz CT molecular complexity index is 999. The second kappa shape index (κ2) is 9.67. The van der Waals surface area contributed by atoms with Crippen molar-refractivity contribution in [2.75, 3.05) is 13.1 Å². The summed E-state index contributed by atoms with van der Waals surface area (Å²) in [6.45, 7) is 1.93. The van der Waals surface area contributed by atoms with Gasteiger partial charge in [-0.2, -0.15) is 16.3 Å². The number of carbonyl (C=O) groups is 2. The summed E-state index contributed by atoms with van der Waals surface area (Å²) in [6, 6.07) is 10.2. The van der Waals surface area contributed by atoms with E-state index in [1.54, 1.807) is 11.3 Å². The van der Waals surface area contributed by atoms with Crippen molar-refractivity contribution in [3.05, 3.63) is 58.1 Å². The number of hydrogen-bond acceptors (Lipinski definition) is 6. The zero-order valence-electron chi connectivity index (χ0n) is 16.7. The van der Waals surface area contributed by atoms with Crippen LogP contribution in [0.5, 0.6) is 0 Å².